The summed E-state index contributed by atoms with van der Waals surface area (Å²) in [6.07, 6.45) is -0.157. The van der Waals surface area contributed by atoms with Crippen molar-refractivity contribution >= 4 is 11.3 Å². The molecule has 6 heteroatoms. The lowest BCUT2D eigenvalue weighted by Crippen LogP contribution is -2.36. The topological polar surface area (TPSA) is 21.3 Å². The molecule has 1 aliphatic rings. The first-order valence-corrected chi connectivity index (χ1v) is 7.65. The summed E-state index contributed by atoms with van der Waals surface area (Å²) in [7, 11) is 1.71. The fourth-order valence-corrected chi connectivity index (χ4v) is 3.97. The van der Waals surface area contributed by atoms with Crippen LogP contribution in [0.4, 0.5) is 13.2 Å². The number of hydrogen-bond acceptors (Lipinski definition) is 3. The Morgan fingerprint density at radius 1 is 1.50 bits per heavy atom. The average molecular weight is 307 g/mol. The molecule has 0 radical (unpaired) electrons. The van der Waals surface area contributed by atoms with Crippen LogP contribution in [0, 0.1) is 0 Å². The fraction of sp³-hybridized carbons (Fsp3) is 0.714. The van der Waals surface area contributed by atoms with E-state index in [-0.39, 0.29) is 12.1 Å². The summed E-state index contributed by atoms with van der Waals surface area (Å²) in [6.45, 7) is 0.859. The molecule has 2 rings (SSSR count). The van der Waals surface area contributed by atoms with Crippen LogP contribution < -0.4 is 5.32 Å². The zero-order valence-corrected chi connectivity index (χ0v) is 12.5. The molecule has 20 heavy (non-hydrogen) atoms. The van der Waals surface area contributed by atoms with Crippen molar-refractivity contribution in [3.63, 3.8) is 0 Å². The Morgan fingerprint density at radius 3 is 2.90 bits per heavy atom. The van der Waals surface area contributed by atoms with E-state index in [0.717, 1.165) is 24.1 Å². The smallest absolute Gasteiger partial charge is 0.377 e. The molecule has 114 valence electrons. The molecule has 2 unspecified atom stereocenters. The number of aryl methyl sites for hydroxylation is 1. The van der Waals surface area contributed by atoms with Crippen molar-refractivity contribution in [3.05, 3.63) is 21.4 Å². The van der Waals surface area contributed by atoms with Gasteiger partial charge < -0.3 is 10.1 Å². The minimum atomic E-state index is -4.15. The van der Waals surface area contributed by atoms with E-state index in [9.17, 15) is 13.2 Å². The largest absolute Gasteiger partial charge is 0.401 e. The highest BCUT2D eigenvalue weighted by Crippen LogP contribution is 2.37. The van der Waals surface area contributed by atoms with Crippen LogP contribution in [0.25, 0.3) is 0 Å². The summed E-state index contributed by atoms with van der Waals surface area (Å²) in [5.41, 5.74) is 1.24. The predicted octanol–water partition coefficient (Wildman–Crippen LogP) is 3.85. The van der Waals surface area contributed by atoms with Gasteiger partial charge in [-0.1, -0.05) is 0 Å². The Morgan fingerprint density at radius 2 is 2.25 bits per heavy atom. The zero-order chi connectivity index (χ0) is 14.8. The Hall–Kier alpha value is -0.590. The van der Waals surface area contributed by atoms with Crippen molar-refractivity contribution < 1.29 is 17.9 Å². The summed E-state index contributed by atoms with van der Waals surface area (Å²) in [5.74, 6) is 0. The van der Waals surface area contributed by atoms with Crippen LogP contribution in [0.1, 0.15) is 41.2 Å². The highest BCUT2D eigenvalue weighted by molar-refractivity contribution is 7.12. The first-order valence-electron chi connectivity index (χ1n) is 6.83. The standard InChI is InChI=1S/C14H20F3NOS/c1-9(18-8-14(15,16)17)6-10-7-11-12(19-2)4-3-5-13(11)20-10/h7,9,12,18H,3-6,8H2,1-2H3. The third-order valence-electron chi connectivity index (χ3n) is 3.55. The van der Waals surface area contributed by atoms with Gasteiger partial charge in [0.15, 0.2) is 0 Å². The number of fused-ring (bicyclic) bond motifs is 1. The van der Waals surface area contributed by atoms with Gasteiger partial charge in [0.05, 0.1) is 12.6 Å². The molecule has 0 fully saturated rings. The number of rotatable bonds is 5. The maximum Gasteiger partial charge on any atom is 0.401 e. The molecule has 1 N–H and O–H groups in total. The van der Waals surface area contributed by atoms with Gasteiger partial charge in [0.1, 0.15) is 0 Å². The number of nitrogens with one attached hydrogen (secondary N) is 1. The maximum absolute atomic E-state index is 12.2. The maximum atomic E-state index is 12.2. The van der Waals surface area contributed by atoms with Crippen molar-refractivity contribution in [1.82, 2.24) is 5.32 Å². The van der Waals surface area contributed by atoms with Crippen LogP contribution in [0.5, 0.6) is 0 Å². The number of methoxy groups -OCH3 is 1. The second kappa shape index (κ2) is 6.45. The van der Waals surface area contributed by atoms with E-state index in [2.05, 4.69) is 11.4 Å². The van der Waals surface area contributed by atoms with Crippen LogP contribution in [0.3, 0.4) is 0 Å². The summed E-state index contributed by atoms with van der Waals surface area (Å²) < 4.78 is 42.0. The first-order chi connectivity index (χ1) is 9.39. The molecule has 0 saturated heterocycles. The Balaban J connectivity index is 1.95. The van der Waals surface area contributed by atoms with E-state index in [1.54, 1.807) is 25.4 Å². The predicted molar refractivity (Wildman–Crippen MR) is 74.2 cm³/mol. The quantitative estimate of drug-likeness (QED) is 0.892. The minimum Gasteiger partial charge on any atom is -0.377 e. The van der Waals surface area contributed by atoms with E-state index in [1.165, 1.54) is 10.4 Å². The second-order valence-electron chi connectivity index (χ2n) is 5.31. The Bertz CT molecular complexity index is 444. The van der Waals surface area contributed by atoms with Gasteiger partial charge >= 0.3 is 6.18 Å². The number of halogens is 3. The van der Waals surface area contributed by atoms with Crippen LogP contribution in [-0.2, 0) is 17.6 Å². The molecule has 2 atom stereocenters. The monoisotopic (exact) mass is 307 g/mol. The highest BCUT2D eigenvalue weighted by Gasteiger charge is 2.28. The van der Waals surface area contributed by atoms with Crippen molar-refractivity contribution in [2.24, 2.45) is 0 Å². The van der Waals surface area contributed by atoms with E-state index >= 15 is 0 Å². The fourth-order valence-electron chi connectivity index (χ4n) is 2.58. The Kier molecular flexibility index (Phi) is 5.09. The Labute approximate surface area is 121 Å². The van der Waals surface area contributed by atoms with E-state index < -0.39 is 12.7 Å². The summed E-state index contributed by atoms with van der Waals surface area (Å²) in [6, 6.07) is 1.93. The molecule has 0 aromatic carbocycles. The van der Waals surface area contributed by atoms with E-state index in [1.807, 2.05) is 0 Å². The van der Waals surface area contributed by atoms with Gasteiger partial charge in [-0.2, -0.15) is 13.2 Å². The molecule has 0 amide bonds. The van der Waals surface area contributed by atoms with Gasteiger partial charge in [0.25, 0.3) is 0 Å². The summed E-state index contributed by atoms with van der Waals surface area (Å²) in [5, 5.41) is 2.53. The summed E-state index contributed by atoms with van der Waals surface area (Å²) >= 11 is 1.71. The van der Waals surface area contributed by atoms with Crippen molar-refractivity contribution in [2.75, 3.05) is 13.7 Å². The molecule has 1 aromatic heterocycles. The molecule has 1 heterocycles. The SMILES string of the molecule is COC1CCCc2sc(CC(C)NCC(F)(F)F)cc21. The van der Waals surface area contributed by atoms with Crippen LogP contribution in [-0.4, -0.2) is 25.9 Å². The number of thiophene rings is 1. The van der Waals surface area contributed by atoms with Crippen LogP contribution >= 0.6 is 11.3 Å². The van der Waals surface area contributed by atoms with Crippen molar-refractivity contribution in [2.45, 2.75) is 50.9 Å². The molecule has 1 aliphatic carbocycles. The molecule has 1 aromatic rings. The second-order valence-corrected chi connectivity index (χ2v) is 6.53. The van der Waals surface area contributed by atoms with Gasteiger partial charge in [-0.15, -0.1) is 11.3 Å². The molecular weight excluding hydrogens is 287 g/mol. The van der Waals surface area contributed by atoms with Crippen molar-refractivity contribution in [3.8, 4) is 0 Å². The molecule has 0 saturated carbocycles. The van der Waals surface area contributed by atoms with Gasteiger partial charge in [-0.05, 0) is 44.2 Å². The van der Waals surface area contributed by atoms with Crippen molar-refractivity contribution in [1.29, 1.82) is 0 Å². The van der Waals surface area contributed by atoms with Gasteiger partial charge in [-0.25, -0.2) is 0 Å². The third kappa shape index (κ3) is 4.20. The molecule has 2 nitrogen and oxygen atoms in total. The lowest BCUT2D eigenvalue weighted by atomic mass is 9.95. The molecular formula is C14H20F3NOS. The molecule has 0 aliphatic heterocycles. The average Bonchev–Trinajstić information content (AvgIpc) is 2.77. The highest BCUT2D eigenvalue weighted by atomic mass is 32.1. The first kappa shape index (κ1) is 15.8. The minimum absolute atomic E-state index is 0.155. The third-order valence-corrected chi connectivity index (χ3v) is 4.79. The zero-order valence-electron chi connectivity index (χ0n) is 11.7. The van der Waals surface area contributed by atoms with Crippen LogP contribution in [0.2, 0.25) is 0 Å². The van der Waals surface area contributed by atoms with Crippen LogP contribution in [0.15, 0.2) is 6.07 Å². The summed E-state index contributed by atoms with van der Waals surface area (Å²) in [4.78, 5) is 2.47. The normalized spacial score (nSPS) is 20.8. The van der Waals surface area contributed by atoms with Gasteiger partial charge in [0, 0.05) is 22.9 Å². The van der Waals surface area contributed by atoms with Gasteiger partial charge in [0.2, 0.25) is 0 Å². The van der Waals surface area contributed by atoms with Gasteiger partial charge in [-0.3, -0.25) is 0 Å². The lowest BCUT2D eigenvalue weighted by molar-refractivity contribution is -0.126. The number of ether oxygens (including phenoxy) is 1. The molecule has 0 spiro atoms. The number of hydrogen-bond donors (Lipinski definition) is 1. The van der Waals surface area contributed by atoms with E-state index in [4.69, 9.17) is 4.74 Å². The molecule has 0 bridgehead atoms. The van der Waals surface area contributed by atoms with E-state index in [0.29, 0.717) is 6.42 Å². The lowest BCUT2D eigenvalue weighted by Gasteiger charge is -2.20. The number of alkyl halides is 3.